The molecule has 0 aromatic heterocycles. The number of hydrogen-bond donors (Lipinski definition) is 0. The van der Waals surface area contributed by atoms with Crippen LogP contribution >= 0.6 is 0 Å². The molecule has 0 bridgehead atoms. The number of ether oxygens (including phenoxy) is 3. The molecule has 0 radical (unpaired) electrons. The molecule has 0 saturated carbocycles. The summed E-state index contributed by atoms with van der Waals surface area (Å²) in [5.74, 6) is 1.02. The summed E-state index contributed by atoms with van der Waals surface area (Å²) in [4.78, 5) is 12.7. The van der Waals surface area contributed by atoms with E-state index in [1.165, 1.54) is 0 Å². The lowest BCUT2D eigenvalue weighted by atomic mass is 9.94. The lowest BCUT2D eigenvalue weighted by Gasteiger charge is -2.30. The summed E-state index contributed by atoms with van der Waals surface area (Å²) in [6, 6.07) is 17.7. The molecule has 0 amide bonds. The van der Waals surface area contributed by atoms with Gasteiger partial charge in [0.2, 0.25) is 0 Å². The largest absolute Gasteiger partial charge is 0.488 e. The Morgan fingerprint density at radius 2 is 1.83 bits per heavy atom. The zero-order valence-corrected chi connectivity index (χ0v) is 16.9. The molecule has 0 aliphatic carbocycles. The minimum Gasteiger partial charge on any atom is -0.488 e. The third kappa shape index (κ3) is 3.83. The van der Waals surface area contributed by atoms with Crippen molar-refractivity contribution < 1.29 is 19.0 Å². The minimum atomic E-state index is -0.464. The average Bonchev–Trinajstić information content (AvgIpc) is 2.72. The van der Waals surface area contributed by atoms with Gasteiger partial charge in [-0.1, -0.05) is 48.5 Å². The molecule has 29 heavy (non-hydrogen) atoms. The molecule has 0 fully saturated rings. The Morgan fingerprint density at radius 1 is 1.03 bits per heavy atom. The van der Waals surface area contributed by atoms with Crippen LogP contribution in [0.2, 0.25) is 0 Å². The number of hydrogen-bond acceptors (Lipinski definition) is 4. The van der Waals surface area contributed by atoms with Crippen LogP contribution in [0.15, 0.2) is 60.7 Å². The van der Waals surface area contributed by atoms with Gasteiger partial charge in [-0.15, -0.1) is 0 Å². The molecule has 148 valence electrons. The lowest BCUT2D eigenvalue weighted by Crippen LogP contribution is -2.28. The fraction of sp³-hybridized carbons (Fsp3) is 0.240. The molecule has 3 aromatic carbocycles. The molecule has 0 N–H and O–H groups in total. The topological polar surface area (TPSA) is 44.8 Å². The second kappa shape index (κ2) is 7.63. The highest BCUT2D eigenvalue weighted by molar-refractivity contribution is 6.05. The molecule has 0 atom stereocenters. The smallest absolute Gasteiger partial charge is 0.338 e. The molecule has 4 heteroatoms. The van der Waals surface area contributed by atoms with E-state index in [1.54, 1.807) is 6.92 Å². The van der Waals surface area contributed by atoms with Gasteiger partial charge in [0, 0.05) is 16.3 Å². The van der Waals surface area contributed by atoms with Gasteiger partial charge in [0.1, 0.15) is 23.7 Å². The first-order valence-corrected chi connectivity index (χ1v) is 9.80. The first-order chi connectivity index (χ1) is 14.0. The summed E-state index contributed by atoms with van der Waals surface area (Å²) in [7, 11) is 0. The van der Waals surface area contributed by atoms with Crippen LogP contribution in [0.25, 0.3) is 16.8 Å². The number of fused-ring (bicyclic) bond motifs is 3. The average molecular weight is 388 g/mol. The van der Waals surface area contributed by atoms with Crippen LogP contribution in [0.1, 0.15) is 42.3 Å². The normalized spacial score (nSPS) is 14.2. The molecule has 1 aliphatic heterocycles. The van der Waals surface area contributed by atoms with Crippen LogP contribution in [0, 0.1) is 0 Å². The van der Waals surface area contributed by atoms with E-state index in [0.717, 1.165) is 21.9 Å². The lowest BCUT2D eigenvalue weighted by molar-refractivity contribution is 0.0524. The molecular formula is C25H24O4. The van der Waals surface area contributed by atoms with E-state index < -0.39 is 5.60 Å². The van der Waals surface area contributed by atoms with Gasteiger partial charge < -0.3 is 14.2 Å². The molecule has 0 saturated heterocycles. The summed E-state index contributed by atoms with van der Waals surface area (Å²) in [5, 5.41) is 1.74. The molecule has 0 spiro atoms. The van der Waals surface area contributed by atoms with Gasteiger partial charge in [0.05, 0.1) is 12.2 Å². The molecule has 3 aromatic rings. The molecular weight excluding hydrogens is 364 g/mol. The number of rotatable bonds is 5. The predicted molar refractivity (Wildman–Crippen MR) is 114 cm³/mol. The standard InChI is InChI=1S/C25H24O4/c1-4-27-24(26)21-15-20-18(23-19(21)13-14-25(2,3)29-23)11-8-12-22(20)28-16-17-9-6-5-7-10-17/h5-15H,4,16H2,1-3H3. The highest BCUT2D eigenvalue weighted by atomic mass is 16.5. The van der Waals surface area contributed by atoms with Gasteiger partial charge in [0.15, 0.2) is 0 Å². The van der Waals surface area contributed by atoms with Crippen molar-refractivity contribution in [1.82, 2.24) is 0 Å². The van der Waals surface area contributed by atoms with Gasteiger partial charge in [-0.05, 0) is 44.5 Å². The summed E-state index contributed by atoms with van der Waals surface area (Å²) >= 11 is 0. The van der Waals surface area contributed by atoms with Crippen LogP contribution in [0.5, 0.6) is 11.5 Å². The van der Waals surface area contributed by atoms with Crippen molar-refractivity contribution in [2.24, 2.45) is 0 Å². The molecule has 4 nitrogen and oxygen atoms in total. The van der Waals surface area contributed by atoms with Gasteiger partial charge in [-0.2, -0.15) is 0 Å². The van der Waals surface area contributed by atoms with Crippen LogP contribution in [-0.2, 0) is 11.3 Å². The van der Waals surface area contributed by atoms with Crippen molar-refractivity contribution in [3.8, 4) is 11.5 Å². The summed E-state index contributed by atoms with van der Waals surface area (Å²) in [6.45, 7) is 6.54. The Bertz CT molecular complexity index is 1080. The number of carbonyl (C=O) groups is 1. The van der Waals surface area contributed by atoms with E-state index in [9.17, 15) is 4.79 Å². The monoisotopic (exact) mass is 388 g/mol. The van der Waals surface area contributed by atoms with Crippen LogP contribution in [-0.4, -0.2) is 18.2 Å². The molecule has 1 heterocycles. The van der Waals surface area contributed by atoms with Crippen molar-refractivity contribution in [3.63, 3.8) is 0 Å². The maximum absolute atomic E-state index is 12.7. The number of carbonyl (C=O) groups excluding carboxylic acids is 1. The maximum Gasteiger partial charge on any atom is 0.338 e. The summed E-state index contributed by atoms with van der Waals surface area (Å²) < 4.78 is 17.7. The van der Waals surface area contributed by atoms with Crippen molar-refractivity contribution in [2.75, 3.05) is 6.61 Å². The Balaban J connectivity index is 1.84. The van der Waals surface area contributed by atoms with Crippen LogP contribution in [0.4, 0.5) is 0 Å². The fourth-order valence-corrected chi connectivity index (χ4v) is 3.48. The second-order valence-corrected chi connectivity index (χ2v) is 7.55. The Labute approximate surface area is 170 Å². The van der Waals surface area contributed by atoms with Crippen molar-refractivity contribution in [1.29, 1.82) is 0 Å². The Kier molecular flexibility index (Phi) is 5.01. The summed E-state index contributed by atoms with van der Waals surface area (Å²) in [6.07, 6.45) is 3.90. The van der Waals surface area contributed by atoms with Crippen molar-refractivity contribution >= 4 is 22.8 Å². The van der Waals surface area contributed by atoms with E-state index in [0.29, 0.717) is 30.3 Å². The fourth-order valence-electron chi connectivity index (χ4n) is 3.48. The van der Waals surface area contributed by atoms with E-state index in [2.05, 4.69) is 0 Å². The van der Waals surface area contributed by atoms with Crippen LogP contribution < -0.4 is 9.47 Å². The SMILES string of the molecule is CCOC(=O)c1cc2c(OCc3ccccc3)cccc2c2c1C=CC(C)(C)O2. The van der Waals surface area contributed by atoms with E-state index in [-0.39, 0.29) is 5.97 Å². The summed E-state index contributed by atoms with van der Waals surface area (Å²) in [5.41, 5.74) is 1.84. The van der Waals surface area contributed by atoms with Gasteiger partial charge in [-0.3, -0.25) is 0 Å². The predicted octanol–water partition coefficient (Wildman–Crippen LogP) is 5.78. The van der Waals surface area contributed by atoms with Gasteiger partial charge in [-0.25, -0.2) is 4.79 Å². The maximum atomic E-state index is 12.7. The Hall–Kier alpha value is -3.27. The third-order valence-electron chi connectivity index (χ3n) is 4.88. The zero-order chi connectivity index (χ0) is 20.4. The van der Waals surface area contributed by atoms with Gasteiger partial charge >= 0.3 is 5.97 Å². The first kappa shape index (κ1) is 19.1. The molecule has 4 rings (SSSR count). The Morgan fingerprint density at radius 3 is 2.59 bits per heavy atom. The minimum absolute atomic E-state index is 0.313. The van der Waals surface area contributed by atoms with E-state index >= 15 is 0 Å². The van der Waals surface area contributed by atoms with E-state index in [1.807, 2.05) is 80.6 Å². The van der Waals surface area contributed by atoms with Crippen molar-refractivity contribution in [2.45, 2.75) is 33.0 Å². The third-order valence-corrected chi connectivity index (χ3v) is 4.88. The highest BCUT2D eigenvalue weighted by Crippen LogP contribution is 2.42. The molecule has 0 unspecified atom stereocenters. The highest BCUT2D eigenvalue weighted by Gasteiger charge is 2.28. The van der Waals surface area contributed by atoms with Crippen molar-refractivity contribution in [3.05, 3.63) is 77.4 Å². The number of benzene rings is 3. The zero-order valence-electron chi connectivity index (χ0n) is 16.9. The first-order valence-electron chi connectivity index (χ1n) is 9.80. The second-order valence-electron chi connectivity index (χ2n) is 7.55. The molecule has 1 aliphatic rings. The van der Waals surface area contributed by atoms with Gasteiger partial charge in [0.25, 0.3) is 0 Å². The van der Waals surface area contributed by atoms with E-state index in [4.69, 9.17) is 14.2 Å². The quantitative estimate of drug-likeness (QED) is 0.520. The number of esters is 1. The van der Waals surface area contributed by atoms with Crippen LogP contribution in [0.3, 0.4) is 0 Å².